The van der Waals surface area contributed by atoms with Crippen molar-refractivity contribution < 1.29 is 8.42 Å². The zero-order valence-electron chi connectivity index (χ0n) is 12.5. The first-order valence-electron chi connectivity index (χ1n) is 7.44. The maximum absolute atomic E-state index is 12.4. The van der Waals surface area contributed by atoms with E-state index in [2.05, 4.69) is 22.2 Å². The number of sulfonamides is 1. The maximum atomic E-state index is 12.4. The molecule has 0 aliphatic carbocycles. The van der Waals surface area contributed by atoms with Gasteiger partial charge in [0.15, 0.2) is 0 Å². The van der Waals surface area contributed by atoms with Crippen molar-refractivity contribution >= 4 is 10.0 Å². The minimum Gasteiger partial charge on any atom is -0.308 e. The van der Waals surface area contributed by atoms with Gasteiger partial charge in [0, 0.05) is 12.6 Å². The summed E-state index contributed by atoms with van der Waals surface area (Å²) in [6, 6.07) is 15.1. The summed E-state index contributed by atoms with van der Waals surface area (Å²) in [6.45, 7) is 3.16. The Bertz CT molecular complexity index is 754. The molecule has 3 rings (SSSR count). The first-order chi connectivity index (χ1) is 10.6. The van der Waals surface area contributed by atoms with Gasteiger partial charge in [0.05, 0.1) is 4.90 Å². The number of benzene rings is 2. The number of rotatable bonds is 4. The predicted octanol–water partition coefficient (Wildman–Crippen LogP) is 2.16. The highest BCUT2D eigenvalue weighted by atomic mass is 32.2. The lowest BCUT2D eigenvalue weighted by Gasteiger charge is -2.27. The third kappa shape index (κ3) is 3.21. The number of fused-ring (bicyclic) bond motifs is 1. The zero-order valence-corrected chi connectivity index (χ0v) is 13.4. The van der Waals surface area contributed by atoms with E-state index in [4.69, 9.17) is 0 Å². The summed E-state index contributed by atoms with van der Waals surface area (Å²) < 4.78 is 27.4. The standard InChI is InChI=1S/C17H20N2O2S/c1-13-6-8-15(9-7-13)22(20,21)19-12-17-16-5-3-2-4-14(16)10-11-18-17/h2-9,17-19H,10-12H2,1H3/t17-/m0/s1. The van der Waals surface area contributed by atoms with Crippen LogP contribution in [0.15, 0.2) is 53.4 Å². The van der Waals surface area contributed by atoms with E-state index in [1.165, 1.54) is 11.1 Å². The second-order valence-corrected chi connectivity index (χ2v) is 7.39. The van der Waals surface area contributed by atoms with Gasteiger partial charge >= 0.3 is 0 Å². The normalized spacial score (nSPS) is 18.0. The molecule has 22 heavy (non-hydrogen) atoms. The van der Waals surface area contributed by atoms with E-state index >= 15 is 0 Å². The Hall–Kier alpha value is -1.69. The summed E-state index contributed by atoms with van der Waals surface area (Å²) in [4.78, 5) is 0.308. The van der Waals surface area contributed by atoms with Gasteiger partial charge in [0.2, 0.25) is 10.0 Å². The van der Waals surface area contributed by atoms with Crippen molar-refractivity contribution in [3.63, 3.8) is 0 Å². The molecule has 2 aromatic carbocycles. The second-order valence-electron chi connectivity index (χ2n) is 5.62. The highest BCUT2D eigenvalue weighted by Gasteiger charge is 2.22. The first kappa shape index (κ1) is 15.2. The van der Waals surface area contributed by atoms with Crippen LogP contribution in [0.4, 0.5) is 0 Å². The van der Waals surface area contributed by atoms with E-state index in [0.717, 1.165) is 18.5 Å². The van der Waals surface area contributed by atoms with Crippen LogP contribution in [0.5, 0.6) is 0 Å². The lowest BCUT2D eigenvalue weighted by atomic mass is 9.95. The van der Waals surface area contributed by atoms with Gasteiger partial charge in [-0.05, 0) is 43.1 Å². The number of aryl methyl sites for hydroxylation is 1. The molecule has 0 saturated carbocycles. The van der Waals surface area contributed by atoms with Crippen LogP contribution in [-0.2, 0) is 16.4 Å². The molecule has 2 aromatic rings. The molecule has 116 valence electrons. The monoisotopic (exact) mass is 316 g/mol. The number of hydrogen-bond donors (Lipinski definition) is 2. The van der Waals surface area contributed by atoms with Crippen LogP contribution in [-0.4, -0.2) is 21.5 Å². The Morgan fingerprint density at radius 3 is 2.64 bits per heavy atom. The lowest BCUT2D eigenvalue weighted by Crippen LogP contribution is -2.38. The molecular formula is C17H20N2O2S. The Morgan fingerprint density at radius 1 is 1.14 bits per heavy atom. The molecule has 0 amide bonds. The zero-order chi connectivity index (χ0) is 15.6. The van der Waals surface area contributed by atoms with Crippen LogP contribution in [0, 0.1) is 6.92 Å². The molecule has 0 fully saturated rings. The molecule has 0 unspecified atom stereocenters. The van der Waals surface area contributed by atoms with Crippen LogP contribution < -0.4 is 10.0 Å². The molecule has 4 nitrogen and oxygen atoms in total. The smallest absolute Gasteiger partial charge is 0.240 e. The summed E-state index contributed by atoms with van der Waals surface area (Å²) in [5, 5.41) is 3.38. The van der Waals surface area contributed by atoms with Crippen LogP contribution in [0.2, 0.25) is 0 Å². The van der Waals surface area contributed by atoms with Gasteiger partial charge < -0.3 is 5.32 Å². The molecule has 0 aromatic heterocycles. The molecule has 2 N–H and O–H groups in total. The van der Waals surface area contributed by atoms with Crippen molar-refractivity contribution in [3.05, 3.63) is 65.2 Å². The van der Waals surface area contributed by atoms with Gasteiger partial charge in [-0.1, -0.05) is 42.0 Å². The highest BCUT2D eigenvalue weighted by Crippen LogP contribution is 2.22. The summed E-state index contributed by atoms with van der Waals surface area (Å²) in [5.41, 5.74) is 3.52. The molecule has 5 heteroatoms. The van der Waals surface area contributed by atoms with E-state index in [1.54, 1.807) is 12.1 Å². The van der Waals surface area contributed by atoms with Gasteiger partial charge in [-0.2, -0.15) is 0 Å². The number of nitrogens with one attached hydrogen (secondary N) is 2. The van der Waals surface area contributed by atoms with Gasteiger partial charge in [0.1, 0.15) is 0 Å². The molecule has 1 aliphatic heterocycles. The van der Waals surface area contributed by atoms with E-state index in [0.29, 0.717) is 11.4 Å². The molecule has 0 spiro atoms. The van der Waals surface area contributed by atoms with Gasteiger partial charge in [-0.3, -0.25) is 0 Å². The SMILES string of the molecule is Cc1ccc(S(=O)(=O)NC[C@@H]2NCCc3ccccc32)cc1. The predicted molar refractivity (Wildman–Crippen MR) is 87.3 cm³/mol. The Balaban J connectivity index is 1.74. The average Bonchev–Trinajstić information content (AvgIpc) is 2.53. The molecule has 1 heterocycles. The van der Waals surface area contributed by atoms with Crippen molar-refractivity contribution in [2.24, 2.45) is 0 Å². The minimum absolute atomic E-state index is 0.0187. The van der Waals surface area contributed by atoms with Gasteiger partial charge in [-0.15, -0.1) is 0 Å². The fraction of sp³-hybridized carbons (Fsp3) is 0.294. The average molecular weight is 316 g/mol. The largest absolute Gasteiger partial charge is 0.308 e. The summed E-state index contributed by atoms with van der Waals surface area (Å²) in [6.07, 6.45) is 0.984. The summed E-state index contributed by atoms with van der Waals surface area (Å²) in [7, 11) is -3.47. The molecule has 1 aliphatic rings. The maximum Gasteiger partial charge on any atom is 0.240 e. The summed E-state index contributed by atoms with van der Waals surface area (Å²) >= 11 is 0. The van der Waals surface area contributed by atoms with Crippen LogP contribution in [0.25, 0.3) is 0 Å². The van der Waals surface area contributed by atoms with E-state index < -0.39 is 10.0 Å². The minimum atomic E-state index is -3.47. The Kier molecular flexibility index (Phi) is 4.29. The highest BCUT2D eigenvalue weighted by molar-refractivity contribution is 7.89. The van der Waals surface area contributed by atoms with E-state index in [-0.39, 0.29) is 6.04 Å². The van der Waals surface area contributed by atoms with Gasteiger partial charge in [-0.25, -0.2) is 13.1 Å². The van der Waals surface area contributed by atoms with Crippen molar-refractivity contribution in [1.82, 2.24) is 10.0 Å². The Labute approximate surface area is 131 Å². The molecule has 0 saturated heterocycles. The summed E-state index contributed by atoms with van der Waals surface area (Å²) in [5.74, 6) is 0. The third-order valence-electron chi connectivity index (χ3n) is 4.02. The van der Waals surface area contributed by atoms with Crippen LogP contribution in [0.3, 0.4) is 0 Å². The van der Waals surface area contributed by atoms with Crippen LogP contribution >= 0.6 is 0 Å². The number of hydrogen-bond acceptors (Lipinski definition) is 3. The lowest BCUT2D eigenvalue weighted by molar-refractivity contribution is 0.491. The van der Waals surface area contributed by atoms with Crippen molar-refractivity contribution in [2.45, 2.75) is 24.3 Å². The quantitative estimate of drug-likeness (QED) is 0.909. The molecule has 0 radical (unpaired) electrons. The van der Waals surface area contributed by atoms with Gasteiger partial charge in [0.25, 0.3) is 0 Å². The van der Waals surface area contributed by atoms with E-state index in [9.17, 15) is 8.42 Å². The third-order valence-corrected chi connectivity index (χ3v) is 5.46. The Morgan fingerprint density at radius 2 is 1.86 bits per heavy atom. The molecular weight excluding hydrogens is 296 g/mol. The van der Waals surface area contributed by atoms with Crippen molar-refractivity contribution in [3.8, 4) is 0 Å². The van der Waals surface area contributed by atoms with Crippen molar-refractivity contribution in [1.29, 1.82) is 0 Å². The first-order valence-corrected chi connectivity index (χ1v) is 8.92. The van der Waals surface area contributed by atoms with Crippen LogP contribution in [0.1, 0.15) is 22.7 Å². The molecule has 0 bridgehead atoms. The van der Waals surface area contributed by atoms with E-state index in [1.807, 2.05) is 31.2 Å². The topological polar surface area (TPSA) is 58.2 Å². The molecule has 1 atom stereocenters. The van der Waals surface area contributed by atoms with Crippen molar-refractivity contribution in [2.75, 3.05) is 13.1 Å². The second kappa shape index (κ2) is 6.20. The fourth-order valence-corrected chi connectivity index (χ4v) is 3.82. The fourth-order valence-electron chi connectivity index (χ4n) is 2.77.